The van der Waals surface area contributed by atoms with E-state index in [0.29, 0.717) is 0 Å². The average molecular weight is 354 g/mol. The molecule has 20 heavy (non-hydrogen) atoms. The number of hydrogen-bond donors (Lipinski definition) is 1. The summed E-state index contributed by atoms with van der Waals surface area (Å²) >= 11 is 5.25. The lowest BCUT2D eigenvalue weighted by atomic mass is 10.0. The van der Waals surface area contributed by atoms with Crippen LogP contribution in [-0.4, -0.2) is 18.1 Å². The summed E-state index contributed by atoms with van der Waals surface area (Å²) in [5, 5.41) is 0. The fourth-order valence-corrected chi connectivity index (χ4v) is 3.45. The standard InChI is InChI=1S/C15H20BrN3S/c1-10(17)6-12-7-13(16)4-5-14(12)19(3)8-15-11(2)18-9-20-15/h4-5,7,9-10H,6,8,17H2,1-3H3. The molecule has 1 aromatic carbocycles. The van der Waals surface area contributed by atoms with Crippen LogP contribution in [0.5, 0.6) is 0 Å². The third-order valence-electron chi connectivity index (χ3n) is 3.22. The van der Waals surface area contributed by atoms with E-state index in [-0.39, 0.29) is 6.04 Å². The number of thiazole rings is 1. The molecule has 0 amide bonds. The van der Waals surface area contributed by atoms with Crippen molar-refractivity contribution in [3.05, 3.63) is 44.3 Å². The lowest BCUT2D eigenvalue weighted by Gasteiger charge is -2.23. The Balaban J connectivity index is 2.24. The summed E-state index contributed by atoms with van der Waals surface area (Å²) in [5.74, 6) is 0. The summed E-state index contributed by atoms with van der Waals surface area (Å²) in [6.07, 6.45) is 0.876. The summed E-state index contributed by atoms with van der Waals surface area (Å²) in [5.41, 5.74) is 11.5. The second kappa shape index (κ2) is 6.70. The van der Waals surface area contributed by atoms with Gasteiger partial charge in [-0.1, -0.05) is 15.9 Å². The van der Waals surface area contributed by atoms with Crippen molar-refractivity contribution in [2.24, 2.45) is 5.73 Å². The van der Waals surface area contributed by atoms with Crippen LogP contribution in [0.3, 0.4) is 0 Å². The third-order valence-corrected chi connectivity index (χ3v) is 4.63. The van der Waals surface area contributed by atoms with E-state index < -0.39 is 0 Å². The predicted molar refractivity (Wildman–Crippen MR) is 90.5 cm³/mol. The Morgan fingerprint density at radius 1 is 1.45 bits per heavy atom. The first kappa shape index (κ1) is 15.5. The molecule has 108 valence electrons. The molecule has 0 fully saturated rings. The van der Waals surface area contributed by atoms with Crippen LogP contribution in [0.15, 0.2) is 28.2 Å². The molecule has 1 aromatic heterocycles. The Labute approximate surface area is 133 Å². The van der Waals surface area contributed by atoms with Gasteiger partial charge < -0.3 is 10.6 Å². The van der Waals surface area contributed by atoms with Gasteiger partial charge in [0.15, 0.2) is 0 Å². The maximum atomic E-state index is 5.96. The molecule has 2 N–H and O–H groups in total. The Morgan fingerprint density at radius 3 is 2.80 bits per heavy atom. The van der Waals surface area contributed by atoms with Crippen molar-refractivity contribution in [3.8, 4) is 0 Å². The first-order valence-corrected chi connectivity index (χ1v) is 8.28. The van der Waals surface area contributed by atoms with Gasteiger partial charge in [-0.05, 0) is 44.0 Å². The smallest absolute Gasteiger partial charge is 0.0798 e. The number of halogens is 1. The van der Waals surface area contributed by atoms with Gasteiger partial charge in [-0.3, -0.25) is 0 Å². The average Bonchev–Trinajstić information content (AvgIpc) is 2.74. The van der Waals surface area contributed by atoms with Crippen LogP contribution < -0.4 is 10.6 Å². The maximum Gasteiger partial charge on any atom is 0.0798 e. The lowest BCUT2D eigenvalue weighted by molar-refractivity contribution is 0.734. The van der Waals surface area contributed by atoms with Crippen LogP contribution in [0.25, 0.3) is 0 Å². The monoisotopic (exact) mass is 353 g/mol. The van der Waals surface area contributed by atoms with Gasteiger partial charge in [-0.15, -0.1) is 11.3 Å². The van der Waals surface area contributed by atoms with Gasteiger partial charge in [0.25, 0.3) is 0 Å². The van der Waals surface area contributed by atoms with Crippen LogP contribution >= 0.6 is 27.3 Å². The van der Waals surface area contributed by atoms with Gasteiger partial charge >= 0.3 is 0 Å². The highest BCUT2D eigenvalue weighted by Gasteiger charge is 2.12. The van der Waals surface area contributed by atoms with Gasteiger partial charge in [0.05, 0.1) is 17.7 Å². The van der Waals surface area contributed by atoms with E-state index >= 15 is 0 Å². The number of anilines is 1. The summed E-state index contributed by atoms with van der Waals surface area (Å²) in [7, 11) is 2.12. The third kappa shape index (κ3) is 3.81. The van der Waals surface area contributed by atoms with Crippen molar-refractivity contribution >= 4 is 33.0 Å². The number of nitrogens with zero attached hydrogens (tertiary/aromatic N) is 2. The largest absolute Gasteiger partial charge is 0.369 e. The van der Waals surface area contributed by atoms with Crippen LogP contribution in [0.1, 0.15) is 23.1 Å². The van der Waals surface area contributed by atoms with Crippen LogP contribution in [0.2, 0.25) is 0 Å². The molecule has 0 saturated carbocycles. The normalized spacial score (nSPS) is 12.4. The quantitative estimate of drug-likeness (QED) is 0.889. The van der Waals surface area contributed by atoms with Gasteiger partial charge in [-0.25, -0.2) is 4.98 Å². The van der Waals surface area contributed by atoms with Crippen LogP contribution in [-0.2, 0) is 13.0 Å². The van der Waals surface area contributed by atoms with E-state index in [1.54, 1.807) is 11.3 Å². The molecule has 3 nitrogen and oxygen atoms in total. The Morgan fingerprint density at radius 2 is 2.20 bits per heavy atom. The van der Waals surface area contributed by atoms with Crippen molar-refractivity contribution in [1.29, 1.82) is 0 Å². The minimum atomic E-state index is 0.154. The highest BCUT2D eigenvalue weighted by Crippen LogP contribution is 2.27. The van der Waals surface area contributed by atoms with E-state index in [9.17, 15) is 0 Å². The van der Waals surface area contributed by atoms with Crippen molar-refractivity contribution in [2.75, 3.05) is 11.9 Å². The lowest BCUT2D eigenvalue weighted by Crippen LogP contribution is -2.22. The molecule has 0 aliphatic carbocycles. The summed E-state index contributed by atoms with van der Waals surface area (Å²) in [4.78, 5) is 7.89. The fourth-order valence-electron chi connectivity index (χ4n) is 2.22. The van der Waals surface area contributed by atoms with Gasteiger partial charge in [0, 0.05) is 28.1 Å². The Bertz CT molecular complexity index is 580. The van der Waals surface area contributed by atoms with Gasteiger partial charge in [0.2, 0.25) is 0 Å². The minimum absolute atomic E-state index is 0.154. The second-order valence-corrected chi connectivity index (χ2v) is 7.03. The van der Waals surface area contributed by atoms with Crippen molar-refractivity contribution in [2.45, 2.75) is 32.9 Å². The SMILES string of the molecule is Cc1ncsc1CN(C)c1ccc(Br)cc1CC(C)N. The zero-order valence-corrected chi connectivity index (χ0v) is 14.5. The molecule has 0 aliphatic rings. The summed E-state index contributed by atoms with van der Waals surface area (Å²) in [6.45, 7) is 4.98. The van der Waals surface area contributed by atoms with Crippen molar-refractivity contribution < 1.29 is 0 Å². The van der Waals surface area contributed by atoms with Crippen LogP contribution in [0.4, 0.5) is 5.69 Å². The number of aromatic nitrogens is 1. The number of benzene rings is 1. The molecule has 0 spiro atoms. The molecule has 2 rings (SSSR count). The topological polar surface area (TPSA) is 42.2 Å². The molecule has 2 aromatic rings. The van der Waals surface area contributed by atoms with Crippen LogP contribution in [0, 0.1) is 6.92 Å². The van der Waals surface area contributed by atoms with E-state index in [1.165, 1.54) is 16.1 Å². The molecule has 0 radical (unpaired) electrons. The number of aryl methyl sites for hydroxylation is 1. The highest BCUT2D eigenvalue weighted by molar-refractivity contribution is 9.10. The number of hydrogen-bond acceptors (Lipinski definition) is 4. The number of rotatable bonds is 5. The van der Waals surface area contributed by atoms with Gasteiger partial charge in [-0.2, -0.15) is 0 Å². The van der Waals surface area contributed by atoms with E-state index in [2.05, 4.69) is 58.0 Å². The second-order valence-electron chi connectivity index (χ2n) is 5.17. The Hall–Kier alpha value is -0.910. The molecule has 5 heteroatoms. The molecule has 1 unspecified atom stereocenters. The van der Waals surface area contributed by atoms with E-state index in [0.717, 1.165) is 23.1 Å². The Kier molecular flexibility index (Phi) is 5.18. The van der Waals surface area contributed by atoms with E-state index in [4.69, 9.17) is 5.73 Å². The first-order chi connectivity index (χ1) is 9.47. The highest BCUT2D eigenvalue weighted by atomic mass is 79.9. The maximum absolute atomic E-state index is 5.96. The first-order valence-electron chi connectivity index (χ1n) is 6.61. The molecule has 0 bridgehead atoms. The molecule has 0 saturated heterocycles. The van der Waals surface area contributed by atoms with Gasteiger partial charge in [0.1, 0.15) is 0 Å². The molecule has 1 heterocycles. The molecular weight excluding hydrogens is 334 g/mol. The van der Waals surface area contributed by atoms with E-state index in [1.807, 2.05) is 12.4 Å². The fraction of sp³-hybridized carbons (Fsp3) is 0.400. The molecule has 1 atom stereocenters. The molecule has 0 aliphatic heterocycles. The minimum Gasteiger partial charge on any atom is -0.369 e. The zero-order chi connectivity index (χ0) is 14.7. The predicted octanol–water partition coefficient (Wildman–Crippen LogP) is 3.74. The summed E-state index contributed by atoms with van der Waals surface area (Å²) < 4.78 is 1.10. The number of nitrogens with two attached hydrogens (primary N) is 1. The van der Waals surface area contributed by atoms with Crippen molar-refractivity contribution in [1.82, 2.24) is 4.98 Å². The zero-order valence-electron chi connectivity index (χ0n) is 12.1. The summed E-state index contributed by atoms with van der Waals surface area (Å²) in [6, 6.07) is 6.55. The van der Waals surface area contributed by atoms with Crippen molar-refractivity contribution in [3.63, 3.8) is 0 Å². The molecular formula is C15H20BrN3S.